The smallest absolute Gasteiger partial charge is 0.415 e. The van der Waals surface area contributed by atoms with Gasteiger partial charge in [-0.2, -0.15) is 0 Å². The van der Waals surface area contributed by atoms with E-state index in [0.717, 1.165) is 0 Å². The molecule has 1 rings (SSSR count). The maximum atomic E-state index is 10.7. The van der Waals surface area contributed by atoms with Gasteiger partial charge in [-0.3, -0.25) is 10.1 Å². The largest absolute Gasteiger partial charge is 0.431 e. The van der Waals surface area contributed by atoms with Crippen LogP contribution in [0.5, 0.6) is 0 Å². The summed E-state index contributed by atoms with van der Waals surface area (Å²) in [7, 11) is 0. The van der Waals surface area contributed by atoms with E-state index >= 15 is 0 Å². The van der Waals surface area contributed by atoms with Gasteiger partial charge in [0.05, 0.1) is 0 Å². The van der Waals surface area contributed by atoms with Crippen LogP contribution in [-0.4, -0.2) is 18.1 Å². The van der Waals surface area contributed by atoms with E-state index in [1.54, 1.807) is 6.92 Å². The van der Waals surface area contributed by atoms with Crippen LogP contribution in [0.1, 0.15) is 6.92 Å². The SMILES string of the molecule is C=C(C)C1OC(=O)NC1=O. The van der Waals surface area contributed by atoms with Gasteiger partial charge in [-0.05, 0) is 12.5 Å². The van der Waals surface area contributed by atoms with Gasteiger partial charge in [-0.15, -0.1) is 0 Å². The molecular weight excluding hydrogens is 134 g/mol. The van der Waals surface area contributed by atoms with Crippen LogP contribution in [-0.2, 0) is 9.53 Å². The van der Waals surface area contributed by atoms with Crippen LogP contribution in [0.15, 0.2) is 12.2 Å². The highest BCUT2D eigenvalue weighted by molar-refractivity contribution is 6.01. The second-order valence-electron chi connectivity index (χ2n) is 2.12. The van der Waals surface area contributed by atoms with Crippen molar-refractivity contribution < 1.29 is 14.3 Å². The van der Waals surface area contributed by atoms with Gasteiger partial charge in [0, 0.05) is 0 Å². The molecular formula is C6H7NO3. The summed E-state index contributed by atoms with van der Waals surface area (Å²) in [5.74, 6) is -0.433. The molecule has 1 N–H and O–H groups in total. The van der Waals surface area contributed by atoms with Crippen molar-refractivity contribution in [1.82, 2.24) is 5.32 Å². The second-order valence-corrected chi connectivity index (χ2v) is 2.12. The predicted octanol–water partition coefficient (Wildman–Crippen LogP) is 0.197. The average molecular weight is 141 g/mol. The first-order chi connectivity index (χ1) is 4.61. The van der Waals surface area contributed by atoms with Gasteiger partial charge in [0.15, 0.2) is 0 Å². The third-order valence-corrected chi connectivity index (χ3v) is 1.14. The number of alkyl carbamates (subject to hydrolysis) is 1. The van der Waals surface area contributed by atoms with E-state index in [4.69, 9.17) is 0 Å². The van der Waals surface area contributed by atoms with Crippen LogP contribution < -0.4 is 5.32 Å². The molecule has 1 aliphatic rings. The minimum absolute atomic E-state index is 0.433. The minimum atomic E-state index is -0.785. The number of hydrogen-bond donors (Lipinski definition) is 1. The summed E-state index contributed by atoms with van der Waals surface area (Å²) in [6.45, 7) is 5.11. The van der Waals surface area contributed by atoms with Gasteiger partial charge >= 0.3 is 6.09 Å². The normalized spacial score (nSPS) is 23.9. The monoisotopic (exact) mass is 141 g/mol. The fraction of sp³-hybridized carbons (Fsp3) is 0.333. The quantitative estimate of drug-likeness (QED) is 0.530. The number of cyclic esters (lactones) is 1. The van der Waals surface area contributed by atoms with E-state index in [2.05, 4.69) is 11.3 Å². The van der Waals surface area contributed by atoms with Crippen molar-refractivity contribution in [3.8, 4) is 0 Å². The first-order valence-corrected chi connectivity index (χ1v) is 2.78. The van der Waals surface area contributed by atoms with E-state index in [1.807, 2.05) is 5.32 Å². The summed E-state index contributed by atoms with van der Waals surface area (Å²) in [6, 6.07) is 0. The number of ether oxygens (including phenoxy) is 1. The molecule has 0 radical (unpaired) electrons. The zero-order chi connectivity index (χ0) is 7.72. The summed E-state index contributed by atoms with van der Waals surface area (Å²) < 4.78 is 4.54. The number of amides is 2. The van der Waals surface area contributed by atoms with Gasteiger partial charge in [-0.25, -0.2) is 4.79 Å². The minimum Gasteiger partial charge on any atom is -0.431 e. The molecule has 10 heavy (non-hydrogen) atoms. The molecule has 0 aromatic heterocycles. The van der Waals surface area contributed by atoms with Crippen LogP contribution in [0.2, 0.25) is 0 Å². The molecule has 2 amide bonds. The van der Waals surface area contributed by atoms with E-state index in [-0.39, 0.29) is 0 Å². The summed E-state index contributed by atoms with van der Waals surface area (Å²) in [4.78, 5) is 21.1. The van der Waals surface area contributed by atoms with Crippen LogP contribution in [0.3, 0.4) is 0 Å². The molecule has 1 saturated heterocycles. The molecule has 1 atom stereocenters. The van der Waals surface area contributed by atoms with Crippen LogP contribution in [0, 0.1) is 0 Å². The van der Waals surface area contributed by atoms with E-state index in [9.17, 15) is 9.59 Å². The molecule has 0 aliphatic carbocycles. The van der Waals surface area contributed by atoms with Crippen molar-refractivity contribution in [2.75, 3.05) is 0 Å². The van der Waals surface area contributed by atoms with Gasteiger partial charge in [0.1, 0.15) is 0 Å². The topological polar surface area (TPSA) is 55.4 Å². The maximum Gasteiger partial charge on any atom is 0.415 e. The molecule has 4 heteroatoms. The zero-order valence-corrected chi connectivity index (χ0v) is 5.51. The number of carbonyl (C=O) groups excluding carboxylic acids is 2. The first kappa shape index (κ1) is 6.80. The second kappa shape index (κ2) is 2.13. The third-order valence-electron chi connectivity index (χ3n) is 1.14. The molecule has 0 bridgehead atoms. The summed E-state index contributed by atoms with van der Waals surface area (Å²) in [5, 5.41) is 1.99. The lowest BCUT2D eigenvalue weighted by atomic mass is 10.2. The Morgan fingerprint density at radius 3 is 2.50 bits per heavy atom. The predicted molar refractivity (Wildman–Crippen MR) is 33.2 cm³/mol. The van der Waals surface area contributed by atoms with Crippen molar-refractivity contribution >= 4 is 12.0 Å². The summed E-state index contributed by atoms with van der Waals surface area (Å²) in [6.07, 6.45) is -1.48. The molecule has 1 fully saturated rings. The van der Waals surface area contributed by atoms with Crippen molar-refractivity contribution in [1.29, 1.82) is 0 Å². The van der Waals surface area contributed by atoms with E-state index in [0.29, 0.717) is 5.57 Å². The highest BCUT2D eigenvalue weighted by atomic mass is 16.6. The lowest BCUT2D eigenvalue weighted by molar-refractivity contribution is -0.122. The fourth-order valence-electron chi connectivity index (χ4n) is 0.681. The van der Waals surface area contributed by atoms with Crippen LogP contribution in [0.25, 0.3) is 0 Å². The van der Waals surface area contributed by atoms with Gasteiger partial charge in [-0.1, -0.05) is 6.58 Å². The third kappa shape index (κ3) is 1.00. The van der Waals surface area contributed by atoms with Crippen molar-refractivity contribution in [3.05, 3.63) is 12.2 Å². The maximum absolute atomic E-state index is 10.7. The Labute approximate surface area is 57.9 Å². The van der Waals surface area contributed by atoms with Gasteiger partial charge in [0.25, 0.3) is 5.91 Å². The van der Waals surface area contributed by atoms with Crippen LogP contribution in [0.4, 0.5) is 4.79 Å². The number of nitrogens with one attached hydrogen (secondary N) is 1. The molecule has 0 saturated carbocycles. The van der Waals surface area contributed by atoms with Crippen LogP contribution >= 0.6 is 0 Å². The Balaban J connectivity index is 2.72. The molecule has 0 aromatic carbocycles. The van der Waals surface area contributed by atoms with E-state index in [1.165, 1.54) is 0 Å². The first-order valence-electron chi connectivity index (χ1n) is 2.78. The molecule has 0 aromatic rings. The summed E-state index contributed by atoms with van der Waals surface area (Å²) >= 11 is 0. The Hall–Kier alpha value is -1.32. The number of hydrogen-bond acceptors (Lipinski definition) is 3. The standard InChI is InChI=1S/C6H7NO3/c1-3(2)4-5(8)7-6(9)10-4/h4H,1H2,2H3,(H,7,8,9). The van der Waals surface area contributed by atoms with Crippen molar-refractivity contribution in [3.63, 3.8) is 0 Å². The van der Waals surface area contributed by atoms with Gasteiger partial charge < -0.3 is 4.74 Å². The highest BCUT2D eigenvalue weighted by Gasteiger charge is 2.32. The number of carbonyl (C=O) groups is 2. The molecule has 1 heterocycles. The molecule has 0 spiro atoms. The molecule has 1 aliphatic heterocycles. The fourth-order valence-corrected chi connectivity index (χ4v) is 0.681. The Bertz CT molecular complexity index is 209. The Kier molecular flexibility index (Phi) is 1.45. The Morgan fingerprint density at radius 1 is 1.70 bits per heavy atom. The zero-order valence-electron chi connectivity index (χ0n) is 5.51. The lowest BCUT2D eigenvalue weighted by Gasteiger charge is -2.02. The van der Waals surface area contributed by atoms with Crippen molar-refractivity contribution in [2.45, 2.75) is 13.0 Å². The highest BCUT2D eigenvalue weighted by Crippen LogP contribution is 2.09. The number of imide groups is 1. The lowest BCUT2D eigenvalue weighted by Crippen LogP contribution is -2.24. The van der Waals surface area contributed by atoms with Gasteiger partial charge in [0.2, 0.25) is 6.10 Å². The Morgan fingerprint density at radius 2 is 2.30 bits per heavy atom. The molecule has 1 unspecified atom stereocenters. The molecule has 54 valence electrons. The average Bonchev–Trinajstić information content (AvgIpc) is 2.10. The van der Waals surface area contributed by atoms with E-state index < -0.39 is 18.1 Å². The summed E-state index contributed by atoms with van der Waals surface area (Å²) in [5.41, 5.74) is 0.531. The van der Waals surface area contributed by atoms with Crippen molar-refractivity contribution in [2.24, 2.45) is 0 Å². The number of rotatable bonds is 1. The molecule has 4 nitrogen and oxygen atoms in total.